The topological polar surface area (TPSA) is 32.5 Å². The largest absolute Gasteiger partial charge is 0.304 e. The van der Waals surface area contributed by atoms with Crippen LogP contribution in [0.25, 0.3) is 0 Å². The third-order valence-electron chi connectivity index (χ3n) is 2.58. The molecule has 5 heteroatoms. The summed E-state index contributed by atoms with van der Waals surface area (Å²) in [4.78, 5) is 2.38. The van der Waals surface area contributed by atoms with Crippen molar-refractivity contribution in [2.24, 2.45) is 5.84 Å². The molecule has 3 nitrogen and oxygen atoms in total. The Labute approximate surface area is 121 Å². The molecule has 0 fully saturated rings. The van der Waals surface area contributed by atoms with Crippen LogP contribution in [0.3, 0.4) is 0 Å². The Balaban J connectivity index is 0.000000360. The SMILES string of the molecule is CCN(CC)CC.NN(C(=S)S)c1ccccc1. The minimum Gasteiger partial charge on any atom is -0.304 e. The van der Waals surface area contributed by atoms with Gasteiger partial charge >= 0.3 is 0 Å². The lowest BCUT2D eigenvalue weighted by molar-refractivity contribution is 0.321. The van der Waals surface area contributed by atoms with Crippen LogP contribution in [-0.2, 0) is 0 Å². The van der Waals surface area contributed by atoms with Crippen molar-refractivity contribution in [2.75, 3.05) is 24.6 Å². The van der Waals surface area contributed by atoms with Gasteiger partial charge in [0, 0.05) is 0 Å². The summed E-state index contributed by atoms with van der Waals surface area (Å²) in [6.45, 7) is 10.1. The Morgan fingerprint density at radius 3 is 1.83 bits per heavy atom. The zero-order chi connectivity index (χ0) is 14.0. The third-order valence-corrected chi connectivity index (χ3v) is 2.99. The van der Waals surface area contributed by atoms with Gasteiger partial charge in [-0.05, 0) is 31.8 Å². The normalized spacial score (nSPS) is 9.67. The minimum absolute atomic E-state index is 0.358. The van der Waals surface area contributed by atoms with Gasteiger partial charge in [0.05, 0.1) is 5.69 Å². The van der Waals surface area contributed by atoms with E-state index >= 15 is 0 Å². The first-order chi connectivity index (χ1) is 8.56. The zero-order valence-electron chi connectivity index (χ0n) is 11.3. The Morgan fingerprint density at radius 1 is 1.11 bits per heavy atom. The highest BCUT2D eigenvalue weighted by molar-refractivity contribution is 8.11. The molecular weight excluding hydrogens is 262 g/mol. The van der Waals surface area contributed by atoms with Gasteiger partial charge in [0.2, 0.25) is 0 Å². The molecule has 0 saturated carbocycles. The summed E-state index contributed by atoms with van der Waals surface area (Å²) in [5.41, 5.74) is 0.840. The van der Waals surface area contributed by atoms with Crippen molar-refractivity contribution in [1.82, 2.24) is 4.90 Å². The highest BCUT2D eigenvalue weighted by Crippen LogP contribution is 2.10. The number of rotatable bonds is 4. The van der Waals surface area contributed by atoms with Crippen molar-refractivity contribution < 1.29 is 0 Å². The standard InChI is InChI=1S/C7H8N2S2.C6H15N/c8-9(7(10)11)6-4-2-1-3-5-6;1-4-7(5-2)6-3/h1-5H,8H2,(H,10,11);4-6H2,1-3H3. The predicted octanol–water partition coefficient (Wildman–Crippen LogP) is 2.93. The summed E-state index contributed by atoms with van der Waals surface area (Å²) in [5, 5.41) is 1.35. The Kier molecular flexibility index (Phi) is 9.96. The number of thiol groups is 1. The highest BCUT2D eigenvalue weighted by atomic mass is 32.1. The number of para-hydroxylation sites is 1. The lowest BCUT2D eigenvalue weighted by Gasteiger charge is -2.14. The Bertz CT molecular complexity index is 321. The number of nitrogens with zero attached hydrogens (tertiary/aromatic N) is 2. The van der Waals surface area contributed by atoms with Crippen LogP contribution >= 0.6 is 24.8 Å². The molecule has 0 atom stereocenters. The van der Waals surface area contributed by atoms with Crippen LogP contribution in [0.1, 0.15) is 20.8 Å². The Hall–Kier alpha value is -0.620. The molecule has 102 valence electrons. The molecule has 0 aliphatic carbocycles. The van der Waals surface area contributed by atoms with Crippen LogP contribution in [-0.4, -0.2) is 28.9 Å². The first-order valence-electron chi connectivity index (χ1n) is 6.11. The summed E-state index contributed by atoms with van der Waals surface area (Å²) in [5.74, 6) is 5.55. The number of hydrazine groups is 1. The molecular formula is C13H23N3S2. The molecule has 0 heterocycles. The number of hydrogen-bond acceptors (Lipinski definition) is 3. The van der Waals surface area contributed by atoms with Crippen molar-refractivity contribution in [2.45, 2.75) is 20.8 Å². The van der Waals surface area contributed by atoms with Crippen LogP contribution in [0.2, 0.25) is 0 Å². The average Bonchev–Trinajstić information content (AvgIpc) is 2.41. The molecule has 18 heavy (non-hydrogen) atoms. The van der Waals surface area contributed by atoms with Crippen LogP contribution in [0.15, 0.2) is 30.3 Å². The van der Waals surface area contributed by atoms with E-state index in [1.54, 1.807) is 0 Å². The van der Waals surface area contributed by atoms with Gasteiger partial charge in [-0.1, -0.05) is 51.2 Å². The fraction of sp³-hybridized carbons (Fsp3) is 0.462. The summed E-state index contributed by atoms with van der Waals surface area (Å²) >= 11 is 8.70. The van der Waals surface area contributed by atoms with Crippen LogP contribution in [0.4, 0.5) is 5.69 Å². The van der Waals surface area contributed by atoms with Crippen LogP contribution < -0.4 is 10.9 Å². The summed E-state index contributed by atoms with van der Waals surface area (Å²) < 4.78 is 0.358. The monoisotopic (exact) mass is 285 g/mol. The van der Waals surface area contributed by atoms with Gasteiger partial charge in [0.25, 0.3) is 0 Å². The molecule has 0 aliphatic heterocycles. The van der Waals surface area contributed by atoms with Gasteiger partial charge in [-0.15, -0.1) is 12.6 Å². The quantitative estimate of drug-likeness (QED) is 0.386. The predicted molar refractivity (Wildman–Crippen MR) is 88.2 cm³/mol. The van der Waals surface area contributed by atoms with E-state index in [0.29, 0.717) is 4.32 Å². The van der Waals surface area contributed by atoms with Gasteiger partial charge in [-0.25, -0.2) is 5.84 Å². The second-order valence-corrected chi connectivity index (χ2v) is 4.72. The first-order valence-corrected chi connectivity index (χ1v) is 6.97. The van der Waals surface area contributed by atoms with Gasteiger partial charge in [-0.2, -0.15) is 0 Å². The number of nitrogens with two attached hydrogens (primary N) is 1. The van der Waals surface area contributed by atoms with Crippen molar-refractivity contribution in [3.63, 3.8) is 0 Å². The number of hydrogen-bond donors (Lipinski definition) is 2. The summed E-state index contributed by atoms with van der Waals surface area (Å²) in [6, 6.07) is 9.42. The van der Waals surface area contributed by atoms with E-state index in [1.807, 2.05) is 30.3 Å². The van der Waals surface area contributed by atoms with E-state index in [4.69, 9.17) is 18.1 Å². The number of benzene rings is 1. The van der Waals surface area contributed by atoms with E-state index in [-0.39, 0.29) is 0 Å². The third kappa shape index (κ3) is 6.96. The summed E-state index contributed by atoms with van der Waals surface area (Å²) in [7, 11) is 0. The van der Waals surface area contributed by atoms with Crippen molar-refractivity contribution in [1.29, 1.82) is 0 Å². The molecule has 2 N–H and O–H groups in total. The van der Waals surface area contributed by atoms with Crippen LogP contribution in [0, 0.1) is 0 Å². The molecule has 0 spiro atoms. The second-order valence-electron chi connectivity index (χ2n) is 3.61. The van der Waals surface area contributed by atoms with E-state index in [2.05, 4.69) is 38.3 Å². The molecule has 0 aliphatic rings. The van der Waals surface area contributed by atoms with E-state index in [0.717, 1.165) is 5.69 Å². The zero-order valence-corrected chi connectivity index (χ0v) is 13.0. The summed E-state index contributed by atoms with van der Waals surface area (Å²) in [6.07, 6.45) is 0. The number of anilines is 1. The fourth-order valence-corrected chi connectivity index (χ4v) is 1.59. The van der Waals surface area contributed by atoms with E-state index in [9.17, 15) is 0 Å². The molecule has 0 radical (unpaired) electrons. The molecule has 1 rings (SSSR count). The molecule has 0 amide bonds. The first kappa shape index (κ1) is 17.4. The minimum atomic E-state index is 0.358. The fourth-order valence-electron chi connectivity index (χ4n) is 1.37. The maximum Gasteiger partial charge on any atom is 0.152 e. The van der Waals surface area contributed by atoms with Crippen molar-refractivity contribution >= 4 is 34.9 Å². The molecule has 0 aromatic heterocycles. The van der Waals surface area contributed by atoms with Crippen molar-refractivity contribution in [3.8, 4) is 0 Å². The molecule has 0 unspecified atom stereocenters. The van der Waals surface area contributed by atoms with Crippen LogP contribution in [0.5, 0.6) is 0 Å². The van der Waals surface area contributed by atoms with Crippen molar-refractivity contribution in [3.05, 3.63) is 30.3 Å². The van der Waals surface area contributed by atoms with E-state index < -0.39 is 0 Å². The molecule has 0 saturated heterocycles. The lowest BCUT2D eigenvalue weighted by Crippen LogP contribution is -2.32. The van der Waals surface area contributed by atoms with Gasteiger partial charge in [-0.3, -0.25) is 5.01 Å². The smallest absolute Gasteiger partial charge is 0.152 e. The van der Waals surface area contributed by atoms with Gasteiger partial charge in [0.15, 0.2) is 4.32 Å². The average molecular weight is 285 g/mol. The Morgan fingerprint density at radius 2 is 1.56 bits per heavy atom. The molecule has 1 aromatic rings. The maximum atomic E-state index is 5.55. The lowest BCUT2D eigenvalue weighted by atomic mass is 10.3. The number of thiocarbonyl (C=S) groups is 1. The highest BCUT2D eigenvalue weighted by Gasteiger charge is 2.00. The van der Waals surface area contributed by atoms with Gasteiger partial charge in [0.1, 0.15) is 0 Å². The second kappa shape index (κ2) is 10.3. The molecule has 1 aromatic carbocycles. The maximum absolute atomic E-state index is 5.55. The van der Waals surface area contributed by atoms with Gasteiger partial charge < -0.3 is 4.90 Å². The molecule has 0 bridgehead atoms. The van der Waals surface area contributed by atoms with E-state index in [1.165, 1.54) is 24.6 Å².